The summed E-state index contributed by atoms with van der Waals surface area (Å²) in [6, 6.07) is 5.94. The maximum Gasteiger partial charge on any atom is 0.126 e. The van der Waals surface area contributed by atoms with Crippen molar-refractivity contribution >= 4 is 15.9 Å². The molecule has 1 aliphatic heterocycles. The first kappa shape index (κ1) is 13.4. The first-order valence-corrected chi connectivity index (χ1v) is 7.96. The predicted octanol–water partition coefficient (Wildman–Crippen LogP) is 4.46. The summed E-state index contributed by atoms with van der Waals surface area (Å²) < 4.78 is 7.36. The minimum atomic E-state index is -0.405. The third kappa shape index (κ3) is 2.31. The summed E-state index contributed by atoms with van der Waals surface area (Å²) >= 11 is 3.46. The van der Waals surface area contributed by atoms with Crippen LogP contribution in [0.4, 0.5) is 0 Å². The molecule has 2 nitrogen and oxygen atoms in total. The minimum Gasteiger partial charge on any atom is -0.487 e. The van der Waals surface area contributed by atoms with Crippen LogP contribution in [0, 0.1) is 11.8 Å². The highest BCUT2D eigenvalue weighted by molar-refractivity contribution is 9.10. The number of rotatable bonds is 0. The lowest BCUT2D eigenvalue weighted by Gasteiger charge is -2.48. The highest BCUT2D eigenvalue weighted by Gasteiger charge is 2.47. The Morgan fingerprint density at radius 1 is 1.37 bits per heavy atom. The average molecular weight is 325 g/mol. The minimum absolute atomic E-state index is 0.160. The van der Waals surface area contributed by atoms with Crippen molar-refractivity contribution in [3.63, 3.8) is 0 Å². The molecule has 1 N–H and O–H groups in total. The molecule has 1 heterocycles. The Balaban J connectivity index is 1.94. The third-order valence-corrected chi connectivity index (χ3v) is 5.39. The number of ether oxygens (including phenoxy) is 1. The van der Waals surface area contributed by atoms with Crippen molar-refractivity contribution in [1.82, 2.24) is 0 Å². The van der Waals surface area contributed by atoms with Gasteiger partial charge in [0.05, 0.1) is 6.10 Å². The Morgan fingerprint density at radius 2 is 2.16 bits per heavy atom. The Hall–Kier alpha value is -0.540. The number of aliphatic hydroxyl groups is 1. The zero-order valence-electron chi connectivity index (χ0n) is 11.5. The molecular formula is C16H21BrO2. The fraction of sp³-hybridized carbons (Fsp3) is 0.625. The van der Waals surface area contributed by atoms with Crippen molar-refractivity contribution in [2.75, 3.05) is 0 Å². The van der Waals surface area contributed by atoms with Crippen LogP contribution in [-0.4, -0.2) is 10.7 Å². The molecule has 0 saturated heterocycles. The lowest BCUT2D eigenvalue weighted by molar-refractivity contribution is -0.0802. The molecule has 1 saturated carbocycles. The summed E-state index contributed by atoms with van der Waals surface area (Å²) in [6.07, 6.45) is 3.77. The van der Waals surface area contributed by atoms with Gasteiger partial charge in [-0.05, 0) is 49.3 Å². The first-order chi connectivity index (χ1) is 9.00. The maximum absolute atomic E-state index is 10.5. The Bertz CT molecular complexity index is 488. The van der Waals surface area contributed by atoms with Crippen molar-refractivity contribution in [2.45, 2.75) is 51.2 Å². The molecule has 0 bridgehead atoms. The van der Waals surface area contributed by atoms with Crippen molar-refractivity contribution in [2.24, 2.45) is 11.8 Å². The monoisotopic (exact) mass is 324 g/mol. The topological polar surface area (TPSA) is 29.5 Å². The molecule has 1 aromatic rings. The maximum atomic E-state index is 10.5. The quantitative estimate of drug-likeness (QED) is 0.763. The molecule has 1 spiro atoms. The first-order valence-electron chi connectivity index (χ1n) is 7.17. The van der Waals surface area contributed by atoms with Gasteiger partial charge in [0.15, 0.2) is 0 Å². The Kier molecular flexibility index (Phi) is 3.38. The van der Waals surface area contributed by atoms with Crippen LogP contribution in [0.1, 0.15) is 51.2 Å². The van der Waals surface area contributed by atoms with Crippen LogP contribution in [-0.2, 0) is 0 Å². The molecule has 1 fully saturated rings. The third-order valence-electron chi connectivity index (χ3n) is 4.90. The van der Waals surface area contributed by atoms with Crippen LogP contribution < -0.4 is 4.74 Å². The van der Waals surface area contributed by atoms with Crippen LogP contribution in [0.15, 0.2) is 22.7 Å². The fourth-order valence-electron chi connectivity index (χ4n) is 3.70. The average Bonchev–Trinajstić information content (AvgIpc) is 2.36. The second-order valence-electron chi connectivity index (χ2n) is 6.35. The van der Waals surface area contributed by atoms with Gasteiger partial charge in [0.2, 0.25) is 0 Å². The van der Waals surface area contributed by atoms with E-state index in [9.17, 15) is 5.11 Å². The zero-order chi connectivity index (χ0) is 13.6. The molecule has 0 aromatic heterocycles. The normalized spacial score (nSPS) is 37.8. The number of hydrogen-bond acceptors (Lipinski definition) is 2. The number of halogens is 1. The van der Waals surface area contributed by atoms with E-state index in [1.807, 2.05) is 18.2 Å². The Labute approximate surface area is 123 Å². The molecule has 1 aromatic carbocycles. The van der Waals surface area contributed by atoms with E-state index in [0.717, 1.165) is 34.5 Å². The molecule has 104 valence electrons. The van der Waals surface area contributed by atoms with Gasteiger partial charge < -0.3 is 9.84 Å². The van der Waals surface area contributed by atoms with Crippen molar-refractivity contribution in [3.8, 4) is 5.75 Å². The van der Waals surface area contributed by atoms with Gasteiger partial charge in [0.25, 0.3) is 0 Å². The van der Waals surface area contributed by atoms with E-state index in [2.05, 4.69) is 29.8 Å². The molecule has 0 radical (unpaired) electrons. The van der Waals surface area contributed by atoms with E-state index < -0.39 is 6.10 Å². The standard InChI is InChI=1S/C16H21BrO2/c1-10-5-6-16(11(2)7-10)9-14(18)13-8-12(17)3-4-15(13)19-16/h3-4,8,10-11,14,18H,5-7,9H2,1-2H3/t10?,11?,14-,16?/m1/s1. The molecular weight excluding hydrogens is 304 g/mol. The second-order valence-corrected chi connectivity index (χ2v) is 7.27. The van der Waals surface area contributed by atoms with E-state index in [1.54, 1.807) is 0 Å². The second kappa shape index (κ2) is 4.78. The van der Waals surface area contributed by atoms with E-state index >= 15 is 0 Å². The van der Waals surface area contributed by atoms with Crippen LogP contribution in [0.3, 0.4) is 0 Å². The number of fused-ring (bicyclic) bond motifs is 1. The number of aliphatic hydroxyl groups excluding tert-OH is 1. The highest BCUT2D eigenvalue weighted by Crippen LogP contribution is 2.49. The summed E-state index contributed by atoms with van der Waals surface area (Å²) in [4.78, 5) is 0. The summed E-state index contributed by atoms with van der Waals surface area (Å²) in [6.45, 7) is 4.58. The predicted molar refractivity (Wildman–Crippen MR) is 79.3 cm³/mol. The summed E-state index contributed by atoms with van der Waals surface area (Å²) in [7, 11) is 0. The van der Waals surface area contributed by atoms with Crippen molar-refractivity contribution in [1.29, 1.82) is 0 Å². The smallest absolute Gasteiger partial charge is 0.126 e. The van der Waals surface area contributed by atoms with Gasteiger partial charge in [0, 0.05) is 16.5 Å². The summed E-state index contributed by atoms with van der Waals surface area (Å²) in [5, 5.41) is 10.5. The molecule has 19 heavy (non-hydrogen) atoms. The van der Waals surface area contributed by atoms with Crippen LogP contribution in [0.2, 0.25) is 0 Å². The van der Waals surface area contributed by atoms with Crippen LogP contribution in [0.5, 0.6) is 5.75 Å². The lowest BCUT2D eigenvalue weighted by Crippen LogP contribution is -2.49. The molecule has 3 heteroatoms. The zero-order valence-corrected chi connectivity index (χ0v) is 13.1. The van der Waals surface area contributed by atoms with Gasteiger partial charge in [-0.2, -0.15) is 0 Å². The van der Waals surface area contributed by atoms with E-state index in [4.69, 9.17) is 4.74 Å². The molecule has 1 aliphatic carbocycles. The van der Waals surface area contributed by atoms with Crippen molar-refractivity contribution < 1.29 is 9.84 Å². The molecule has 2 aliphatic rings. The molecule has 3 rings (SSSR count). The SMILES string of the molecule is CC1CCC2(C[C@@H](O)c3cc(Br)ccc3O2)C(C)C1. The van der Waals surface area contributed by atoms with Crippen molar-refractivity contribution in [3.05, 3.63) is 28.2 Å². The van der Waals surface area contributed by atoms with Gasteiger partial charge in [-0.25, -0.2) is 0 Å². The van der Waals surface area contributed by atoms with Crippen LogP contribution >= 0.6 is 15.9 Å². The largest absolute Gasteiger partial charge is 0.487 e. The summed E-state index contributed by atoms with van der Waals surface area (Å²) in [5.41, 5.74) is 0.762. The van der Waals surface area contributed by atoms with Crippen LogP contribution in [0.25, 0.3) is 0 Å². The van der Waals surface area contributed by atoms with Gasteiger partial charge >= 0.3 is 0 Å². The molecule has 4 atom stereocenters. The van der Waals surface area contributed by atoms with E-state index in [-0.39, 0.29) is 5.60 Å². The highest BCUT2D eigenvalue weighted by atomic mass is 79.9. The number of hydrogen-bond donors (Lipinski definition) is 1. The molecule has 0 amide bonds. The molecule has 3 unspecified atom stereocenters. The van der Waals surface area contributed by atoms with Gasteiger partial charge in [-0.15, -0.1) is 0 Å². The van der Waals surface area contributed by atoms with Gasteiger partial charge in [-0.1, -0.05) is 29.8 Å². The number of benzene rings is 1. The van der Waals surface area contributed by atoms with Gasteiger partial charge in [-0.3, -0.25) is 0 Å². The summed E-state index contributed by atoms with van der Waals surface area (Å²) in [5.74, 6) is 2.14. The Morgan fingerprint density at radius 3 is 2.89 bits per heavy atom. The van der Waals surface area contributed by atoms with E-state index in [1.165, 1.54) is 12.8 Å². The fourth-order valence-corrected chi connectivity index (χ4v) is 4.08. The van der Waals surface area contributed by atoms with Gasteiger partial charge in [0.1, 0.15) is 11.4 Å². The lowest BCUT2D eigenvalue weighted by atomic mass is 9.68. The van der Waals surface area contributed by atoms with E-state index in [0.29, 0.717) is 5.92 Å².